The number of aliphatic carboxylic acids is 1. The van der Waals surface area contributed by atoms with E-state index in [1.807, 2.05) is 52.0 Å². The molecule has 6 heteroatoms. The molecule has 0 saturated heterocycles. The maximum atomic E-state index is 13.3. The van der Waals surface area contributed by atoms with Crippen molar-refractivity contribution in [2.24, 2.45) is 0 Å². The molecule has 2 heterocycles. The van der Waals surface area contributed by atoms with Gasteiger partial charge in [-0.1, -0.05) is 43.7 Å². The fourth-order valence-electron chi connectivity index (χ4n) is 3.14. The first-order valence-corrected chi connectivity index (χ1v) is 9.44. The molecule has 0 radical (unpaired) electrons. The number of hydrogen-bond donors (Lipinski definition) is 1. The number of carboxylic acids is 1. The van der Waals surface area contributed by atoms with Gasteiger partial charge in [-0.3, -0.25) is 14.2 Å². The lowest BCUT2D eigenvalue weighted by molar-refractivity contribution is -0.137. The summed E-state index contributed by atoms with van der Waals surface area (Å²) in [4.78, 5) is 30.8. The summed E-state index contributed by atoms with van der Waals surface area (Å²) in [6.07, 6.45) is -0.101. The van der Waals surface area contributed by atoms with Crippen LogP contribution in [0.5, 0.6) is 0 Å². The van der Waals surface area contributed by atoms with Gasteiger partial charge in [0.25, 0.3) is 5.56 Å². The number of aromatic nitrogens is 2. The molecule has 0 aliphatic rings. The molecule has 0 bridgehead atoms. The molecule has 0 amide bonds. The highest BCUT2D eigenvalue weighted by Gasteiger charge is 2.21. The first-order valence-electron chi connectivity index (χ1n) is 8.62. The molecule has 0 aliphatic carbocycles. The molecule has 3 aromatic rings. The number of rotatable bonds is 5. The van der Waals surface area contributed by atoms with Crippen LogP contribution >= 0.6 is 11.3 Å². The molecule has 0 unspecified atom stereocenters. The number of aryl methyl sites for hydroxylation is 2. The van der Waals surface area contributed by atoms with Crippen molar-refractivity contribution in [1.82, 2.24) is 9.55 Å². The van der Waals surface area contributed by atoms with Gasteiger partial charge in [0.1, 0.15) is 10.7 Å². The number of carbonyl (C=O) groups is 1. The van der Waals surface area contributed by atoms with E-state index >= 15 is 0 Å². The zero-order chi connectivity index (χ0) is 19.0. The van der Waals surface area contributed by atoms with Crippen LogP contribution in [-0.2, 0) is 11.3 Å². The molecule has 0 spiro atoms. The number of nitrogens with zero attached hydrogens (tertiary/aromatic N) is 2. The largest absolute Gasteiger partial charge is 0.481 e. The molecule has 1 N–H and O–H groups in total. The third kappa shape index (κ3) is 3.29. The fraction of sp³-hybridized carbons (Fsp3) is 0.350. The van der Waals surface area contributed by atoms with E-state index in [-0.39, 0.29) is 24.4 Å². The summed E-state index contributed by atoms with van der Waals surface area (Å²) in [7, 11) is 0. The van der Waals surface area contributed by atoms with Gasteiger partial charge in [-0.05, 0) is 19.4 Å². The molecule has 2 aromatic heterocycles. The van der Waals surface area contributed by atoms with Gasteiger partial charge in [-0.15, -0.1) is 11.3 Å². The summed E-state index contributed by atoms with van der Waals surface area (Å²) < 4.78 is 1.53. The van der Waals surface area contributed by atoms with Gasteiger partial charge in [0.15, 0.2) is 0 Å². The Morgan fingerprint density at radius 1 is 1.23 bits per heavy atom. The van der Waals surface area contributed by atoms with Gasteiger partial charge in [0.05, 0.1) is 11.8 Å². The van der Waals surface area contributed by atoms with Crippen LogP contribution in [0.15, 0.2) is 29.1 Å². The number of fused-ring (bicyclic) bond motifs is 1. The third-order valence-electron chi connectivity index (χ3n) is 4.42. The Balaban J connectivity index is 2.30. The van der Waals surface area contributed by atoms with Crippen molar-refractivity contribution in [3.8, 4) is 11.1 Å². The predicted molar refractivity (Wildman–Crippen MR) is 105 cm³/mol. The number of thiophene rings is 1. The van der Waals surface area contributed by atoms with Crippen molar-refractivity contribution in [3.63, 3.8) is 0 Å². The highest BCUT2D eigenvalue weighted by molar-refractivity contribution is 7.19. The highest BCUT2D eigenvalue weighted by Crippen LogP contribution is 2.36. The first kappa shape index (κ1) is 18.3. The second kappa shape index (κ2) is 7.03. The quantitative estimate of drug-likeness (QED) is 0.725. The maximum Gasteiger partial charge on any atom is 0.305 e. The van der Waals surface area contributed by atoms with Gasteiger partial charge in [0.2, 0.25) is 0 Å². The Hall–Kier alpha value is -2.47. The molecule has 136 valence electrons. The summed E-state index contributed by atoms with van der Waals surface area (Å²) in [6, 6.07) is 8.08. The molecule has 1 aromatic carbocycles. The summed E-state index contributed by atoms with van der Waals surface area (Å²) in [5.74, 6) is -0.251. The second-order valence-electron chi connectivity index (χ2n) is 6.80. The lowest BCUT2D eigenvalue weighted by Crippen LogP contribution is -2.27. The summed E-state index contributed by atoms with van der Waals surface area (Å²) in [5, 5.41) is 9.63. The normalized spacial score (nSPS) is 11.4. The highest BCUT2D eigenvalue weighted by atomic mass is 32.1. The Labute approximate surface area is 155 Å². The average Bonchev–Trinajstić information content (AvgIpc) is 2.90. The fourth-order valence-corrected chi connectivity index (χ4v) is 4.19. The van der Waals surface area contributed by atoms with Crippen LogP contribution in [0.2, 0.25) is 0 Å². The van der Waals surface area contributed by atoms with E-state index in [4.69, 9.17) is 10.1 Å². The van der Waals surface area contributed by atoms with Crippen LogP contribution in [0.1, 0.15) is 42.5 Å². The Morgan fingerprint density at radius 2 is 1.88 bits per heavy atom. The second-order valence-corrected chi connectivity index (χ2v) is 8.01. The third-order valence-corrected chi connectivity index (χ3v) is 5.42. The molecule has 0 saturated carbocycles. The van der Waals surface area contributed by atoms with Crippen molar-refractivity contribution < 1.29 is 9.90 Å². The van der Waals surface area contributed by atoms with Crippen molar-refractivity contribution in [2.75, 3.05) is 0 Å². The molecular formula is C20H22N2O3S. The van der Waals surface area contributed by atoms with Gasteiger partial charge in [0, 0.05) is 22.9 Å². The Kier molecular flexibility index (Phi) is 4.96. The Morgan fingerprint density at radius 3 is 2.46 bits per heavy atom. The molecule has 0 fully saturated rings. The van der Waals surface area contributed by atoms with Gasteiger partial charge >= 0.3 is 5.97 Å². The number of carboxylic acid groups (broad SMARTS) is 1. The van der Waals surface area contributed by atoms with E-state index in [0.717, 1.165) is 26.4 Å². The van der Waals surface area contributed by atoms with Crippen LogP contribution in [0, 0.1) is 13.8 Å². The van der Waals surface area contributed by atoms with Crippen molar-refractivity contribution in [3.05, 3.63) is 50.9 Å². The van der Waals surface area contributed by atoms with Crippen LogP contribution in [0.25, 0.3) is 21.3 Å². The molecular weight excluding hydrogens is 348 g/mol. The van der Waals surface area contributed by atoms with Gasteiger partial charge in [-0.2, -0.15) is 0 Å². The van der Waals surface area contributed by atoms with Gasteiger partial charge < -0.3 is 5.11 Å². The molecule has 3 rings (SSSR count). The van der Waals surface area contributed by atoms with E-state index in [0.29, 0.717) is 11.2 Å². The van der Waals surface area contributed by atoms with E-state index < -0.39 is 5.97 Å². The minimum atomic E-state index is -0.924. The van der Waals surface area contributed by atoms with Crippen LogP contribution in [0.3, 0.4) is 0 Å². The number of benzene rings is 1. The molecule has 26 heavy (non-hydrogen) atoms. The van der Waals surface area contributed by atoms with E-state index in [1.165, 1.54) is 15.9 Å². The van der Waals surface area contributed by atoms with Gasteiger partial charge in [-0.25, -0.2) is 4.98 Å². The lowest BCUT2D eigenvalue weighted by atomic mass is 10.0. The zero-order valence-corrected chi connectivity index (χ0v) is 16.2. The lowest BCUT2D eigenvalue weighted by Gasteiger charge is -2.14. The van der Waals surface area contributed by atoms with E-state index in [2.05, 4.69) is 0 Å². The molecule has 0 atom stereocenters. The monoisotopic (exact) mass is 370 g/mol. The molecule has 0 aliphatic heterocycles. The van der Waals surface area contributed by atoms with E-state index in [9.17, 15) is 9.59 Å². The van der Waals surface area contributed by atoms with Crippen molar-refractivity contribution in [1.29, 1.82) is 0 Å². The minimum Gasteiger partial charge on any atom is -0.481 e. The van der Waals surface area contributed by atoms with Crippen LogP contribution in [-0.4, -0.2) is 20.6 Å². The van der Waals surface area contributed by atoms with E-state index in [1.54, 1.807) is 0 Å². The Bertz CT molecular complexity index is 1030. The van der Waals surface area contributed by atoms with Crippen LogP contribution < -0.4 is 5.56 Å². The SMILES string of the molecule is Cc1ccc(-c2c(C)sc3nc(C(C)C)n(CCC(=O)O)c(=O)c23)cc1. The average molecular weight is 370 g/mol. The van der Waals surface area contributed by atoms with Crippen LogP contribution in [0.4, 0.5) is 0 Å². The molecule has 5 nitrogen and oxygen atoms in total. The summed E-state index contributed by atoms with van der Waals surface area (Å²) in [5.41, 5.74) is 2.90. The summed E-state index contributed by atoms with van der Waals surface area (Å²) in [6.45, 7) is 8.08. The smallest absolute Gasteiger partial charge is 0.305 e. The summed E-state index contributed by atoms with van der Waals surface area (Å²) >= 11 is 1.52. The maximum absolute atomic E-state index is 13.3. The minimum absolute atomic E-state index is 0.0334. The van der Waals surface area contributed by atoms with Crippen molar-refractivity contribution in [2.45, 2.75) is 46.6 Å². The topological polar surface area (TPSA) is 72.2 Å². The standard InChI is InChI=1S/C20H22N2O3S/c1-11(2)18-21-19-17(20(25)22(18)10-9-15(23)24)16(13(4)26-19)14-7-5-12(3)6-8-14/h5-8,11H,9-10H2,1-4H3,(H,23,24). The zero-order valence-electron chi connectivity index (χ0n) is 15.4. The van der Waals surface area contributed by atoms with Crippen molar-refractivity contribution >= 4 is 27.5 Å². The number of hydrogen-bond acceptors (Lipinski definition) is 4. The predicted octanol–water partition coefficient (Wildman–Crippen LogP) is 4.34. The first-order chi connectivity index (χ1) is 12.3.